The van der Waals surface area contributed by atoms with Crippen molar-refractivity contribution in [3.8, 4) is 5.75 Å². The molecule has 1 unspecified atom stereocenters. The van der Waals surface area contributed by atoms with E-state index in [9.17, 15) is 13.2 Å². The van der Waals surface area contributed by atoms with Crippen molar-refractivity contribution in [1.29, 1.82) is 0 Å². The molecular formula is C17H26F3NO. The van der Waals surface area contributed by atoms with Crippen LogP contribution in [0.15, 0.2) is 24.3 Å². The molecular weight excluding hydrogens is 291 g/mol. The quantitative estimate of drug-likeness (QED) is 0.633. The molecule has 2 nitrogen and oxygen atoms in total. The van der Waals surface area contributed by atoms with Gasteiger partial charge in [0.25, 0.3) is 0 Å². The first-order valence-corrected chi connectivity index (χ1v) is 7.98. The van der Waals surface area contributed by atoms with Crippen molar-refractivity contribution in [2.24, 2.45) is 0 Å². The fraction of sp³-hybridized carbons (Fsp3) is 0.647. The van der Waals surface area contributed by atoms with E-state index in [4.69, 9.17) is 0 Å². The van der Waals surface area contributed by atoms with Gasteiger partial charge in [-0.1, -0.05) is 45.4 Å². The highest BCUT2D eigenvalue weighted by molar-refractivity contribution is 5.34. The monoisotopic (exact) mass is 317 g/mol. The van der Waals surface area contributed by atoms with E-state index in [0.717, 1.165) is 32.4 Å². The Bertz CT molecular complexity index is 434. The molecule has 1 rings (SSSR count). The molecule has 0 spiro atoms. The lowest BCUT2D eigenvalue weighted by molar-refractivity contribution is -0.274. The lowest BCUT2D eigenvalue weighted by Gasteiger charge is -2.31. The van der Waals surface area contributed by atoms with Gasteiger partial charge >= 0.3 is 6.36 Å². The maximum atomic E-state index is 12.5. The van der Waals surface area contributed by atoms with E-state index in [-0.39, 0.29) is 11.8 Å². The SMILES string of the molecule is CCCC(Cc1ccccc1OC(F)(F)F)N(CC)CCC. The van der Waals surface area contributed by atoms with Crippen LogP contribution in [0.1, 0.15) is 45.6 Å². The van der Waals surface area contributed by atoms with Crippen LogP contribution in [0, 0.1) is 0 Å². The number of rotatable bonds is 9. The Kier molecular flexibility index (Phi) is 7.73. The van der Waals surface area contributed by atoms with E-state index in [1.54, 1.807) is 18.2 Å². The normalized spacial score (nSPS) is 13.4. The molecule has 1 aromatic carbocycles. The summed E-state index contributed by atoms with van der Waals surface area (Å²) in [6.07, 6.45) is -1.06. The Morgan fingerprint density at radius 2 is 1.77 bits per heavy atom. The molecule has 0 saturated heterocycles. The Morgan fingerprint density at radius 1 is 1.09 bits per heavy atom. The Labute approximate surface area is 131 Å². The highest BCUT2D eigenvalue weighted by Crippen LogP contribution is 2.28. The predicted molar refractivity (Wildman–Crippen MR) is 83.1 cm³/mol. The van der Waals surface area contributed by atoms with Gasteiger partial charge in [-0.25, -0.2) is 0 Å². The van der Waals surface area contributed by atoms with Crippen LogP contribution in [0.5, 0.6) is 5.75 Å². The number of ether oxygens (including phenoxy) is 1. The fourth-order valence-corrected chi connectivity index (χ4v) is 2.78. The summed E-state index contributed by atoms with van der Waals surface area (Å²) in [6, 6.07) is 6.69. The number of hydrogen-bond acceptors (Lipinski definition) is 2. The third-order valence-electron chi connectivity index (χ3n) is 3.71. The van der Waals surface area contributed by atoms with Gasteiger partial charge in [-0.3, -0.25) is 0 Å². The van der Waals surface area contributed by atoms with Crippen molar-refractivity contribution in [3.63, 3.8) is 0 Å². The van der Waals surface area contributed by atoms with Gasteiger partial charge in [-0.15, -0.1) is 13.2 Å². The number of benzene rings is 1. The molecule has 0 fully saturated rings. The highest BCUT2D eigenvalue weighted by Gasteiger charge is 2.32. The summed E-state index contributed by atoms with van der Waals surface area (Å²) in [5, 5.41) is 0. The van der Waals surface area contributed by atoms with Gasteiger partial charge < -0.3 is 9.64 Å². The number of nitrogens with zero attached hydrogens (tertiary/aromatic N) is 1. The van der Waals surface area contributed by atoms with Crippen LogP contribution < -0.4 is 4.74 Å². The van der Waals surface area contributed by atoms with Gasteiger partial charge in [0.05, 0.1) is 0 Å². The molecule has 1 atom stereocenters. The molecule has 0 radical (unpaired) electrons. The van der Waals surface area contributed by atoms with Gasteiger partial charge in [-0.05, 0) is 44.0 Å². The zero-order valence-electron chi connectivity index (χ0n) is 13.6. The number of hydrogen-bond donors (Lipinski definition) is 0. The Balaban J connectivity index is 2.93. The van der Waals surface area contributed by atoms with E-state index >= 15 is 0 Å². The molecule has 0 N–H and O–H groups in total. The molecule has 0 saturated carbocycles. The van der Waals surface area contributed by atoms with Crippen LogP contribution in [0.3, 0.4) is 0 Å². The van der Waals surface area contributed by atoms with Crippen LogP contribution >= 0.6 is 0 Å². The van der Waals surface area contributed by atoms with Gasteiger partial charge in [0.1, 0.15) is 5.75 Å². The van der Waals surface area contributed by atoms with E-state index in [1.165, 1.54) is 6.07 Å². The summed E-state index contributed by atoms with van der Waals surface area (Å²) in [4.78, 5) is 2.34. The standard InChI is InChI=1S/C17H26F3NO/c1-4-9-15(21(6-3)12-5-2)13-14-10-7-8-11-16(14)22-17(18,19)20/h7-8,10-11,15H,4-6,9,12-13H2,1-3H3. The summed E-state index contributed by atoms with van der Waals surface area (Å²) < 4.78 is 41.7. The maximum Gasteiger partial charge on any atom is 0.573 e. The summed E-state index contributed by atoms with van der Waals surface area (Å²) in [7, 11) is 0. The van der Waals surface area contributed by atoms with Crippen LogP contribution in [-0.4, -0.2) is 30.4 Å². The van der Waals surface area contributed by atoms with Crippen LogP contribution in [0.25, 0.3) is 0 Å². The Hall–Kier alpha value is -1.23. The first-order valence-electron chi connectivity index (χ1n) is 7.98. The predicted octanol–water partition coefficient (Wildman–Crippen LogP) is 5.03. The van der Waals surface area contributed by atoms with Gasteiger partial charge in [-0.2, -0.15) is 0 Å². The molecule has 5 heteroatoms. The second kappa shape index (κ2) is 9.03. The zero-order chi connectivity index (χ0) is 16.6. The third kappa shape index (κ3) is 6.26. The summed E-state index contributed by atoms with van der Waals surface area (Å²) >= 11 is 0. The van der Waals surface area contributed by atoms with Crippen molar-refractivity contribution < 1.29 is 17.9 Å². The number of halogens is 3. The molecule has 22 heavy (non-hydrogen) atoms. The van der Waals surface area contributed by atoms with Crippen LogP contribution in [-0.2, 0) is 6.42 Å². The molecule has 0 aliphatic rings. The van der Waals surface area contributed by atoms with Crippen molar-refractivity contribution in [2.45, 2.75) is 58.9 Å². The van der Waals surface area contributed by atoms with Crippen LogP contribution in [0.2, 0.25) is 0 Å². The molecule has 0 aliphatic heterocycles. The largest absolute Gasteiger partial charge is 0.573 e. The van der Waals surface area contributed by atoms with Crippen molar-refractivity contribution >= 4 is 0 Å². The molecule has 1 aromatic rings. The minimum Gasteiger partial charge on any atom is -0.406 e. The van der Waals surface area contributed by atoms with Gasteiger partial charge in [0, 0.05) is 6.04 Å². The molecule has 0 amide bonds. The molecule has 0 heterocycles. The molecule has 0 aromatic heterocycles. The average Bonchev–Trinajstić information content (AvgIpc) is 2.45. The van der Waals surface area contributed by atoms with Crippen molar-refractivity contribution in [3.05, 3.63) is 29.8 Å². The second-order valence-corrected chi connectivity index (χ2v) is 5.43. The maximum absolute atomic E-state index is 12.5. The number of alkyl halides is 3. The minimum absolute atomic E-state index is 0.0799. The average molecular weight is 317 g/mol. The van der Waals surface area contributed by atoms with E-state index in [0.29, 0.717) is 12.0 Å². The molecule has 0 aliphatic carbocycles. The van der Waals surface area contributed by atoms with Gasteiger partial charge in [0.2, 0.25) is 0 Å². The molecule has 126 valence electrons. The van der Waals surface area contributed by atoms with E-state index in [1.807, 2.05) is 0 Å². The first-order chi connectivity index (χ1) is 10.4. The summed E-state index contributed by atoms with van der Waals surface area (Å²) in [5.74, 6) is -0.0799. The number of para-hydroxylation sites is 1. The lowest BCUT2D eigenvalue weighted by atomic mass is 9.99. The smallest absolute Gasteiger partial charge is 0.406 e. The summed E-state index contributed by atoms with van der Waals surface area (Å²) in [5.41, 5.74) is 0.618. The first kappa shape index (κ1) is 18.8. The topological polar surface area (TPSA) is 12.5 Å². The third-order valence-corrected chi connectivity index (χ3v) is 3.71. The van der Waals surface area contributed by atoms with Crippen molar-refractivity contribution in [2.75, 3.05) is 13.1 Å². The van der Waals surface area contributed by atoms with Crippen molar-refractivity contribution in [1.82, 2.24) is 4.90 Å². The molecule has 0 bridgehead atoms. The minimum atomic E-state index is -4.65. The fourth-order valence-electron chi connectivity index (χ4n) is 2.78. The Morgan fingerprint density at radius 3 is 2.32 bits per heavy atom. The zero-order valence-corrected chi connectivity index (χ0v) is 13.6. The van der Waals surface area contributed by atoms with Gasteiger partial charge in [0.15, 0.2) is 0 Å². The van der Waals surface area contributed by atoms with Crippen LogP contribution in [0.4, 0.5) is 13.2 Å². The lowest BCUT2D eigenvalue weighted by Crippen LogP contribution is -2.37. The summed E-state index contributed by atoms with van der Waals surface area (Å²) in [6.45, 7) is 8.18. The number of likely N-dealkylation sites (N-methyl/N-ethyl adjacent to an activating group) is 1. The second-order valence-electron chi connectivity index (χ2n) is 5.43. The van der Waals surface area contributed by atoms with E-state index in [2.05, 4.69) is 30.4 Å². The highest BCUT2D eigenvalue weighted by atomic mass is 19.4. The van der Waals surface area contributed by atoms with E-state index < -0.39 is 6.36 Å².